The zero-order chi connectivity index (χ0) is 9.84. The number of hydrogen-bond acceptors (Lipinski definition) is 4. The van der Waals surface area contributed by atoms with E-state index < -0.39 is 0 Å². The average Bonchev–Trinajstić information content (AvgIpc) is 2.53. The Bertz CT molecular complexity index is 219. The summed E-state index contributed by atoms with van der Waals surface area (Å²) < 4.78 is 9.36. The Kier molecular flexibility index (Phi) is 3.34. The van der Waals surface area contributed by atoms with Gasteiger partial charge in [-0.1, -0.05) is 6.92 Å². The van der Waals surface area contributed by atoms with Crippen LogP contribution in [0.3, 0.4) is 0 Å². The summed E-state index contributed by atoms with van der Waals surface area (Å²) in [6.07, 6.45) is 1.55. The first-order valence-electron chi connectivity index (χ1n) is 4.33. The molecule has 2 radical (unpaired) electrons. The van der Waals surface area contributed by atoms with E-state index in [1.807, 2.05) is 6.92 Å². The molecule has 1 saturated heterocycles. The number of esters is 1. The molecule has 1 aliphatic rings. The van der Waals surface area contributed by atoms with Gasteiger partial charge in [-0.15, -0.1) is 0 Å². The molecule has 0 aliphatic carbocycles. The first-order valence-corrected chi connectivity index (χ1v) is 4.33. The van der Waals surface area contributed by atoms with E-state index in [-0.39, 0.29) is 23.9 Å². The molecule has 1 aliphatic heterocycles. The molecule has 0 aromatic rings. The van der Waals surface area contributed by atoms with Gasteiger partial charge in [0.15, 0.2) is 5.90 Å². The van der Waals surface area contributed by atoms with Crippen LogP contribution < -0.4 is 0 Å². The predicted molar refractivity (Wildman–Crippen MR) is 47.5 cm³/mol. The Morgan fingerprint density at radius 3 is 3.00 bits per heavy atom. The van der Waals surface area contributed by atoms with E-state index in [2.05, 4.69) is 4.65 Å². The third-order valence-corrected chi connectivity index (χ3v) is 2.27. The van der Waals surface area contributed by atoms with Crippen molar-refractivity contribution in [2.75, 3.05) is 0 Å². The monoisotopic (exact) mass is 181 g/mol. The van der Waals surface area contributed by atoms with Gasteiger partial charge in [-0.2, -0.15) is 0 Å². The molecule has 5 heteroatoms. The molecule has 1 heterocycles. The molecule has 1 fully saturated rings. The number of hydrogen-bond donors (Lipinski definition) is 1. The van der Waals surface area contributed by atoms with Crippen molar-refractivity contribution in [3.63, 3.8) is 0 Å². The van der Waals surface area contributed by atoms with Crippen LogP contribution in [-0.4, -0.2) is 26.0 Å². The van der Waals surface area contributed by atoms with Gasteiger partial charge in [-0.05, 0) is 12.8 Å². The second-order valence-electron chi connectivity index (χ2n) is 3.06. The van der Waals surface area contributed by atoms with Crippen molar-refractivity contribution in [3.05, 3.63) is 0 Å². The third-order valence-electron chi connectivity index (χ3n) is 2.27. The molecule has 0 amide bonds. The van der Waals surface area contributed by atoms with Crippen molar-refractivity contribution in [2.45, 2.75) is 32.3 Å². The lowest BCUT2D eigenvalue weighted by Gasteiger charge is -2.20. The maximum Gasteiger partial charge on any atom is 0.375 e. The number of rotatable bonds is 3. The normalized spacial score (nSPS) is 23.8. The number of ether oxygens (including phenoxy) is 1. The molecule has 0 spiro atoms. The van der Waals surface area contributed by atoms with Gasteiger partial charge in [0.2, 0.25) is 0 Å². The van der Waals surface area contributed by atoms with E-state index in [4.69, 9.17) is 18.2 Å². The van der Waals surface area contributed by atoms with E-state index in [0.717, 1.165) is 0 Å². The second kappa shape index (κ2) is 4.30. The van der Waals surface area contributed by atoms with Gasteiger partial charge in [0.1, 0.15) is 6.10 Å². The van der Waals surface area contributed by atoms with Crippen molar-refractivity contribution in [1.29, 1.82) is 5.41 Å². The van der Waals surface area contributed by atoms with Crippen LogP contribution in [0.25, 0.3) is 0 Å². The Labute approximate surface area is 78.5 Å². The van der Waals surface area contributed by atoms with E-state index in [0.29, 0.717) is 19.3 Å². The predicted octanol–water partition coefficient (Wildman–Crippen LogP) is 0.796. The molecule has 2 atom stereocenters. The second-order valence-corrected chi connectivity index (χ2v) is 3.06. The molecule has 4 nitrogen and oxygen atoms in total. The van der Waals surface area contributed by atoms with Crippen molar-refractivity contribution < 1.29 is 14.2 Å². The Hall–Kier alpha value is -0.995. The van der Waals surface area contributed by atoms with Crippen LogP contribution in [0.15, 0.2) is 0 Å². The van der Waals surface area contributed by atoms with Crippen molar-refractivity contribution in [1.82, 2.24) is 0 Å². The molecule has 70 valence electrons. The summed E-state index contributed by atoms with van der Waals surface area (Å²) in [7, 11) is 4.89. The maximum atomic E-state index is 10.8. The minimum absolute atomic E-state index is 0.0119. The molecular weight excluding hydrogens is 169 g/mol. The maximum absolute atomic E-state index is 10.8. The van der Waals surface area contributed by atoms with E-state index in [9.17, 15) is 4.79 Å². The summed E-state index contributed by atoms with van der Waals surface area (Å²) in [5, 5.41) is 7.39. The summed E-state index contributed by atoms with van der Waals surface area (Å²) >= 11 is 0. The minimum Gasteiger partial charge on any atom is -0.558 e. The lowest BCUT2D eigenvalue weighted by atomic mass is 9.97. The minimum atomic E-state index is -0.228. The van der Waals surface area contributed by atoms with Gasteiger partial charge in [-0.25, -0.2) is 0 Å². The Balaban J connectivity index is 2.56. The summed E-state index contributed by atoms with van der Waals surface area (Å²) in [6, 6.07) is 0. The van der Waals surface area contributed by atoms with Crippen LogP contribution in [0, 0.1) is 11.3 Å². The number of carbonyl (C=O) groups excluding carboxylic acids is 1. The summed E-state index contributed by atoms with van der Waals surface area (Å²) in [5.41, 5.74) is 0. The smallest absolute Gasteiger partial charge is 0.375 e. The highest BCUT2D eigenvalue weighted by molar-refractivity contribution is 6.06. The zero-order valence-corrected chi connectivity index (χ0v) is 7.58. The van der Waals surface area contributed by atoms with Crippen LogP contribution in [0.4, 0.5) is 0 Å². The fraction of sp³-hybridized carbons (Fsp3) is 0.750. The highest BCUT2D eigenvalue weighted by Gasteiger charge is 2.32. The van der Waals surface area contributed by atoms with Gasteiger partial charge < -0.3 is 9.39 Å². The summed E-state index contributed by atoms with van der Waals surface area (Å²) in [4.78, 5) is 10.8. The van der Waals surface area contributed by atoms with E-state index in [1.165, 1.54) is 0 Å². The Morgan fingerprint density at radius 1 is 1.92 bits per heavy atom. The molecule has 1 N–H and O–H groups in total. The molecule has 1 unspecified atom stereocenters. The number of nitrogens with one attached hydrogen (secondary N) is 1. The Morgan fingerprint density at radius 2 is 2.62 bits per heavy atom. The largest absolute Gasteiger partial charge is 0.558 e. The zero-order valence-electron chi connectivity index (χ0n) is 7.58. The molecular formula is C8H12BNO3. The standard InChI is InChI=1S/C8H12BNO3/c1-2-5(8(10)13-9)6-3-4-7(11)12-6/h5-6,10H,2-4H2,1H3/t5?,6-/m0/s1. The third kappa shape index (κ3) is 2.23. The van der Waals surface area contributed by atoms with Gasteiger partial charge in [0, 0.05) is 6.42 Å². The van der Waals surface area contributed by atoms with Crippen molar-refractivity contribution in [2.24, 2.45) is 5.92 Å². The highest BCUT2D eigenvalue weighted by Crippen LogP contribution is 2.24. The van der Waals surface area contributed by atoms with Gasteiger partial charge in [0.25, 0.3) is 0 Å². The van der Waals surface area contributed by atoms with Gasteiger partial charge >= 0.3 is 14.0 Å². The molecule has 0 aromatic carbocycles. The molecule has 0 saturated carbocycles. The molecule has 1 rings (SSSR count). The van der Waals surface area contributed by atoms with Crippen LogP contribution in [0.1, 0.15) is 26.2 Å². The lowest BCUT2D eigenvalue weighted by Crippen LogP contribution is -2.28. The van der Waals surface area contributed by atoms with Crippen LogP contribution in [0.2, 0.25) is 0 Å². The highest BCUT2D eigenvalue weighted by atomic mass is 16.6. The fourth-order valence-corrected chi connectivity index (χ4v) is 1.53. The summed E-state index contributed by atoms with van der Waals surface area (Å²) in [6.45, 7) is 1.91. The quantitative estimate of drug-likeness (QED) is 0.303. The van der Waals surface area contributed by atoms with Crippen molar-refractivity contribution >= 4 is 19.9 Å². The van der Waals surface area contributed by atoms with Crippen LogP contribution in [-0.2, 0) is 14.2 Å². The molecule has 13 heavy (non-hydrogen) atoms. The number of carbonyl (C=O) groups is 1. The van der Waals surface area contributed by atoms with E-state index in [1.54, 1.807) is 0 Å². The van der Waals surface area contributed by atoms with Crippen molar-refractivity contribution in [3.8, 4) is 0 Å². The van der Waals surface area contributed by atoms with E-state index >= 15 is 0 Å². The first kappa shape index (κ1) is 10.1. The lowest BCUT2D eigenvalue weighted by molar-refractivity contribution is -0.142. The van der Waals surface area contributed by atoms with Gasteiger partial charge in [-0.3, -0.25) is 10.2 Å². The van der Waals surface area contributed by atoms with Gasteiger partial charge in [0.05, 0.1) is 5.92 Å². The first-order chi connectivity index (χ1) is 6.19. The SMILES string of the molecule is [B]OC(=N)C(CC)[C@@H]1CCC(=O)O1. The van der Waals surface area contributed by atoms with Crippen LogP contribution in [0.5, 0.6) is 0 Å². The number of cyclic esters (lactones) is 1. The summed E-state index contributed by atoms with van der Waals surface area (Å²) in [5.74, 6) is -0.410. The topological polar surface area (TPSA) is 59.4 Å². The molecule has 0 aromatic heterocycles. The molecule has 0 bridgehead atoms. The fourth-order valence-electron chi connectivity index (χ4n) is 1.53. The van der Waals surface area contributed by atoms with Crippen LogP contribution >= 0.6 is 0 Å². The average molecular weight is 181 g/mol.